The van der Waals surface area contributed by atoms with E-state index in [2.05, 4.69) is 33.9 Å². The molecule has 0 radical (unpaired) electrons. The van der Waals surface area contributed by atoms with Crippen molar-refractivity contribution in [3.8, 4) is 0 Å². The number of aromatic nitrogens is 3. The summed E-state index contributed by atoms with van der Waals surface area (Å²) >= 11 is 0. The van der Waals surface area contributed by atoms with E-state index in [1.807, 2.05) is 19.1 Å². The second-order valence-electron chi connectivity index (χ2n) is 8.73. The Bertz CT molecular complexity index is 951. The molecular weight excluding hydrogens is 396 g/mol. The minimum absolute atomic E-state index is 0.122. The normalized spacial score (nSPS) is 12.2. The predicted octanol–water partition coefficient (Wildman–Crippen LogP) is 6.84. The molecule has 5 heteroatoms. The van der Waals surface area contributed by atoms with E-state index in [-0.39, 0.29) is 11.9 Å². The van der Waals surface area contributed by atoms with E-state index in [0.29, 0.717) is 5.56 Å². The third kappa shape index (κ3) is 6.91. The molecule has 0 bridgehead atoms. The lowest BCUT2D eigenvalue weighted by atomic mass is 10.1. The smallest absolute Gasteiger partial charge is 0.253 e. The number of nitrogens with one attached hydrogen (secondary N) is 1. The summed E-state index contributed by atoms with van der Waals surface area (Å²) in [5.41, 5.74) is 2.69. The van der Waals surface area contributed by atoms with Crippen LogP contribution in [-0.4, -0.2) is 20.4 Å². The van der Waals surface area contributed by atoms with E-state index in [0.717, 1.165) is 29.8 Å². The number of imidazole rings is 1. The van der Waals surface area contributed by atoms with Gasteiger partial charge in [-0.25, -0.2) is 4.98 Å². The fourth-order valence-electron chi connectivity index (χ4n) is 4.26. The van der Waals surface area contributed by atoms with Gasteiger partial charge in [-0.05, 0) is 37.6 Å². The Labute approximate surface area is 192 Å². The van der Waals surface area contributed by atoms with Crippen molar-refractivity contribution in [2.75, 3.05) is 0 Å². The fourth-order valence-corrected chi connectivity index (χ4v) is 4.26. The van der Waals surface area contributed by atoms with Crippen LogP contribution in [0.2, 0.25) is 0 Å². The van der Waals surface area contributed by atoms with Gasteiger partial charge < -0.3 is 9.88 Å². The maximum Gasteiger partial charge on any atom is 0.253 e. The van der Waals surface area contributed by atoms with Gasteiger partial charge in [-0.15, -0.1) is 0 Å². The number of benzene rings is 1. The first-order chi connectivity index (χ1) is 15.7. The van der Waals surface area contributed by atoms with Gasteiger partial charge in [0.25, 0.3) is 5.91 Å². The molecule has 2 heterocycles. The third-order valence-corrected chi connectivity index (χ3v) is 6.08. The molecule has 1 unspecified atom stereocenters. The van der Waals surface area contributed by atoms with Crippen molar-refractivity contribution in [1.29, 1.82) is 0 Å². The first kappa shape index (κ1) is 24.0. The molecule has 32 heavy (non-hydrogen) atoms. The maximum absolute atomic E-state index is 12.6. The Balaban J connectivity index is 1.54. The number of carbonyl (C=O) groups excluding carboxylic acids is 1. The summed E-state index contributed by atoms with van der Waals surface area (Å²) in [6.07, 6.45) is 16.5. The van der Waals surface area contributed by atoms with Crippen LogP contribution in [-0.2, 0) is 6.54 Å². The molecule has 172 valence electrons. The van der Waals surface area contributed by atoms with E-state index in [1.54, 1.807) is 24.5 Å². The van der Waals surface area contributed by atoms with Gasteiger partial charge in [-0.2, -0.15) is 0 Å². The summed E-state index contributed by atoms with van der Waals surface area (Å²) in [5.74, 6) is 0.794. The van der Waals surface area contributed by atoms with E-state index < -0.39 is 0 Å². The van der Waals surface area contributed by atoms with Gasteiger partial charge in [0.15, 0.2) is 0 Å². The number of hydrogen-bond donors (Lipinski definition) is 1. The SMILES string of the molecule is CCCCCCCCCCCCn1c(C(C)NC(=O)c2cccnc2)nc2ccccc21. The van der Waals surface area contributed by atoms with Crippen LogP contribution in [0.3, 0.4) is 0 Å². The van der Waals surface area contributed by atoms with E-state index >= 15 is 0 Å². The number of rotatable bonds is 14. The average Bonchev–Trinajstić information content (AvgIpc) is 3.19. The van der Waals surface area contributed by atoms with Crippen LogP contribution in [0.1, 0.15) is 100 Å². The molecule has 3 rings (SSSR count). The second kappa shape index (κ2) is 13.0. The quantitative estimate of drug-likeness (QED) is 0.282. The Kier molecular flexibility index (Phi) is 9.73. The lowest BCUT2D eigenvalue weighted by molar-refractivity contribution is 0.0937. The molecule has 5 nitrogen and oxygen atoms in total. The number of para-hydroxylation sites is 2. The molecule has 3 aromatic rings. The minimum Gasteiger partial charge on any atom is -0.342 e. The third-order valence-electron chi connectivity index (χ3n) is 6.08. The Morgan fingerprint density at radius 2 is 1.62 bits per heavy atom. The van der Waals surface area contributed by atoms with Crippen molar-refractivity contribution in [2.45, 2.75) is 90.6 Å². The molecule has 2 aromatic heterocycles. The monoisotopic (exact) mass is 434 g/mol. The number of pyridine rings is 1. The number of aryl methyl sites for hydroxylation is 1. The van der Waals surface area contributed by atoms with Gasteiger partial charge in [-0.1, -0.05) is 76.8 Å². The van der Waals surface area contributed by atoms with Crippen molar-refractivity contribution >= 4 is 16.9 Å². The van der Waals surface area contributed by atoms with E-state index in [9.17, 15) is 4.79 Å². The molecule has 1 amide bonds. The molecular formula is C27H38N4O. The molecule has 0 aliphatic carbocycles. The van der Waals surface area contributed by atoms with Crippen LogP contribution in [0.15, 0.2) is 48.8 Å². The minimum atomic E-state index is -0.182. The number of nitrogens with zero attached hydrogens (tertiary/aromatic N) is 3. The van der Waals surface area contributed by atoms with Crippen molar-refractivity contribution in [3.63, 3.8) is 0 Å². The number of fused-ring (bicyclic) bond motifs is 1. The molecule has 0 aliphatic rings. The molecule has 1 N–H and O–H groups in total. The zero-order valence-electron chi connectivity index (χ0n) is 19.7. The molecule has 0 aliphatic heterocycles. The van der Waals surface area contributed by atoms with Crippen molar-refractivity contribution < 1.29 is 4.79 Å². The largest absolute Gasteiger partial charge is 0.342 e. The fraction of sp³-hybridized carbons (Fsp3) is 0.519. The zero-order valence-corrected chi connectivity index (χ0v) is 19.7. The van der Waals surface area contributed by atoms with Gasteiger partial charge in [0, 0.05) is 18.9 Å². The summed E-state index contributed by atoms with van der Waals surface area (Å²) in [6.45, 7) is 5.20. The summed E-state index contributed by atoms with van der Waals surface area (Å²) < 4.78 is 2.29. The van der Waals surface area contributed by atoms with Crippen LogP contribution in [0.4, 0.5) is 0 Å². The van der Waals surface area contributed by atoms with Crippen LogP contribution >= 0.6 is 0 Å². The number of unbranched alkanes of at least 4 members (excludes halogenated alkanes) is 9. The van der Waals surface area contributed by atoms with Gasteiger partial charge in [-0.3, -0.25) is 9.78 Å². The molecule has 0 saturated carbocycles. The van der Waals surface area contributed by atoms with E-state index in [1.165, 1.54) is 57.8 Å². The van der Waals surface area contributed by atoms with Crippen molar-refractivity contribution in [3.05, 3.63) is 60.2 Å². The maximum atomic E-state index is 12.6. The highest BCUT2D eigenvalue weighted by Crippen LogP contribution is 2.22. The number of hydrogen-bond acceptors (Lipinski definition) is 3. The van der Waals surface area contributed by atoms with Crippen LogP contribution in [0.25, 0.3) is 11.0 Å². The van der Waals surface area contributed by atoms with Gasteiger partial charge >= 0.3 is 0 Å². The van der Waals surface area contributed by atoms with Crippen LogP contribution < -0.4 is 5.32 Å². The zero-order chi connectivity index (χ0) is 22.6. The summed E-state index contributed by atoms with van der Waals surface area (Å²) in [5, 5.41) is 3.09. The standard InChI is InChI=1S/C27H38N4O/c1-3-4-5-6-7-8-9-10-11-14-20-31-25-18-13-12-17-24(25)30-26(31)22(2)29-27(32)23-16-15-19-28-21-23/h12-13,15-19,21-22H,3-11,14,20H2,1-2H3,(H,29,32). The first-order valence-corrected chi connectivity index (χ1v) is 12.4. The number of amides is 1. The Morgan fingerprint density at radius 3 is 2.31 bits per heavy atom. The Morgan fingerprint density at radius 1 is 0.938 bits per heavy atom. The molecule has 1 atom stereocenters. The molecule has 0 saturated heterocycles. The van der Waals surface area contributed by atoms with Crippen LogP contribution in [0, 0.1) is 0 Å². The Hall–Kier alpha value is -2.69. The topological polar surface area (TPSA) is 59.8 Å². The lowest BCUT2D eigenvalue weighted by Gasteiger charge is -2.16. The highest BCUT2D eigenvalue weighted by Gasteiger charge is 2.19. The van der Waals surface area contributed by atoms with Gasteiger partial charge in [0.05, 0.1) is 22.6 Å². The summed E-state index contributed by atoms with van der Waals surface area (Å²) in [4.78, 5) is 21.5. The van der Waals surface area contributed by atoms with Gasteiger partial charge in [0.2, 0.25) is 0 Å². The van der Waals surface area contributed by atoms with Crippen molar-refractivity contribution in [2.24, 2.45) is 0 Å². The predicted molar refractivity (Wildman–Crippen MR) is 132 cm³/mol. The second-order valence-corrected chi connectivity index (χ2v) is 8.73. The summed E-state index contributed by atoms with van der Waals surface area (Å²) in [6, 6.07) is 11.6. The van der Waals surface area contributed by atoms with Crippen molar-refractivity contribution in [1.82, 2.24) is 19.9 Å². The van der Waals surface area contributed by atoms with Gasteiger partial charge in [0.1, 0.15) is 5.82 Å². The molecule has 0 fully saturated rings. The first-order valence-electron chi connectivity index (χ1n) is 12.4. The summed E-state index contributed by atoms with van der Waals surface area (Å²) in [7, 11) is 0. The van der Waals surface area contributed by atoms with E-state index in [4.69, 9.17) is 4.98 Å². The lowest BCUT2D eigenvalue weighted by Crippen LogP contribution is -2.28. The number of carbonyl (C=O) groups is 1. The highest BCUT2D eigenvalue weighted by atomic mass is 16.1. The molecule has 1 aromatic carbocycles. The molecule has 0 spiro atoms. The van der Waals surface area contributed by atoms with Crippen LogP contribution in [0.5, 0.6) is 0 Å². The highest BCUT2D eigenvalue weighted by molar-refractivity contribution is 5.94. The average molecular weight is 435 g/mol.